The number of aliphatic carboxylic acids is 2. The van der Waals surface area contributed by atoms with E-state index in [2.05, 4.69) is 0 Å². The Kier molecular flexibility index (Phi) is 9.14. The van der Waals surface area contributed by atoms with Crippen molar-refractivity contribution < 1.29 is 35.1 Å². The summed E-state index contributed by atoms with van der Waals surface area (Å²) in [5.74, 6) is -2.58. The molecule has 2 atom stereocenters. The molecule has 0 aromatic rings. The molecule has 0 rings (SSSR count). The Balaban J connectivity index is 0. The van der Waals surface area contributed by atoms with Crippen molar-refractivity contribution in [2.75, 3.05) is 13.2 Å². The van der Waals surface area contributed by atoms with Gasteiger partial charge < -0.3 is 31.3 Å². The van der Waals surface area contributed by atoms with Gasteiger partial charge in [-0.1, -0.05) is 0 Å². The summed E-state index contributed by atoms with van der Waals surface area (Å²) >= 11 is 0. The van der Waals surface area contributed by atoms with Gasteiger partial charge in [0.05, 0.1) is 13.2 Å². The molecule has 0 fully saturated rings. The minimum absolute atomic E-state index is 0.505. The standard InChI is InChI=1S/C3H7NO3.C3H6O4/c4-2(1-5)3(6)7;4-1-2(5)3(6)7/h2,5H,1,4H2,(H,6,7);2,4-5H,1H2,(H,6,7)/t2*2-/m00/s1. The molecule has 0 spiro atoms. The number of hydrogen-bond acceptors (Lipinski definition) is 6. The van der Waals surface area contributed by atoms with E-state index in [-0.39, 0.29) is 0 Å². The maximum absolute atomic E-state index is 9.65. The highest BCUT2D eigenvalue weighted by molar-refractivity contribution is 5.73. The normalized spacial score (nSPS) is 13.4. The highest BCUT2D eigenvalue weighted by atomic mass is 16.4. The summed E-state index contributed by atoms with van der Waals surface area (Å²) in [5, 5.41) is 39.6. The first kappa shape index (κ1) is 15.3. The molecule has 0 saturated heterocycles. The topological polar surface area (TPSA) is 161 Å². The second-order valence-corrected chi connectivity index (χ2v) is 2.16. The summed E-state index contributed by atoms with van der Waals surface area (Å²) in [4.78, 5) is 19.2. The van der Waals surface area contributed by atoms with E-state index in [1.807, 2.05) is 0 Å². The van der Waals surface area contributed by atoms with Gasteiger partial charge in [-0.25, -0.2) is 4.79 Å². The van der Waals surface area contributed by atoms with E-state index in [0.717, 1.165) is 0 Å². The van der Waals surface area contributed by atoms with Gasteiger partial charge in [-0.05, 0) is 0 Å². The van der Waals surface area contributed by atoms with Gasteiger partial charge in [0.2, 0.25) is 0 Å². The molecule has 14 heavy (non-hydrogen) atoms. The summed E-state index contributed by atoms with van der Waals surface area (Å²) in [6, 6.07) is -1.13. The largest absolute Gasteiger partial charge is 0.480 e. The first-order valence-electron chi connectivity index (χ1n) is 3.47. The summed E-state index contributed by atoms with van der Waals surface area (Å²) in [6.07, 6.45) is -1.63. The van der Waals surface area contributed by atoms with Crippen LogP contribution in [0.1, 0.15) is 0 Å². The maximum atomic E-state index is 9.65. The van der Waals surface area contributed by atoms with Crippen LogP contribution in [-0.2, 0) is 9.59 Å². The Morgan fingerprint density at radius 1 is 1.07 bits per heavy atom. The molecule has 0 radical (unpaired) electrons. The summed E-state index contributed by atoms with van der Waals surface area (Å²) < 4.78 is 0. The van der Waals surface area contributed by atoms with Crippen LogP contribution in [0.3, 0.4) is 0 Å². The van der Waals surface area contributed by atoms with Crippen LogP contribution in [0.25, 0.3) is 0 Å². The van der Waals surface area contributed by atoms with E-state index >= 15 is 0 Å². The van der Waals surface area contributed by atoms with E-state index < -0.39 is 37.3 Å². The Bertz CT molecular complexity index is 163. The Morgan fingerprint density at radius 3 is 1.50 bits per heavy atom. The molecule has 0 amide bonds. The van der Waals surface area contributed by atoms with Gasteiger partial charge in [0, 0.05) is 0 Å². The third-order valence-corrected chi connectivity index (χ3v) is 0.972. The molecule has 84 valence electrons. The third kappa shape index (κ3) is 8.87. The summed E-state index contributed by atoms with van der Waals surface area (Å²) in [5.41, 5.74) is 4.77. The van der Waals surface area contributed by atoms with E-state index in [4.69, 9.17) is 31.3 Å². The van der Waals surface area contributed by atoms with Crippen molar-refractivity contribution in [2.45, 2.75) is 12.1 Å². The molecule has 0 bridgehead atoms. The van der Waals surface area contributed by atoms with Crippen molar-refractivity contribution >= 4 is 11.9 Å². The van der Waals surface area contributed by atoms with Crippen molar-refractivity contribution in [2.24, 2.45) is 5.73 Å². The molecule has 0 aliphatic heterocycles. The predicted octanol–water partition coefficient (Wildman–Crippen LogP) is -3.19. The van der Waals surface area contributed by atoms with Crippen molar-refractivity contribution in [1.82, 2.24) is 0 Å². The minimum atomic E-state index is -1.63. The molecule has 0 aromatic carbocycles. The lowest BCUT2D eigenvalue weighted by atomic mass is 10.3. The quantitative estimate of drug-likeness (QED) is 0.283. The zero-order valence-electron chi connectivity index (χ0n) is 7.20. The third-order valence-electron chi connectivity index (χ3n) is 0.972. The van der Waals surface area contributed by atoms with Crippen molar-refractivity contribution in [3.05, 3.63) is 0 Å². The molecule has 0 unspecified atom stereocenters. The number of aliphatic hydroxyl groups excluding tert-OH is 3. The second-order valence-electron chi connectivity index (χ2n) is 2.16. The minimum Gasteiger partial charge on any atom is -0.480 e. The molecular weight excluding hydrogens is 198 g/mol. The van der Waals surface area contributed by atoms with E-state index in [0.29, 0.717) is 0 Å². The van der Waals surface area contributed by atoms with E-state index in [1.54, 1.807) is 0 Å². The average molecular weight is 211 g/mol. The van der Waals surface area contributed by atoms with Crippen molar-refractivity contribution in [1.29, 1.82) is 0 Å². The number of hydrogen-bond donors (Lipinski definition) is 6. The zero-order chi connectivity index (χ0) is 11.7. The molecule has 8 heteroatoms. The fraction of sp³-hybridized carbons (Fsp3) is 0.667. The van der Waals surface area contributed by atoms with Crippen LogP contribution in [0.4, 0.5) is 0 Å². The monoisotopic (exact) mass is 211 g/mol. The molecule has 0 aliphatic carbocycles. The van der Waals surface area contributed by atoms with Gasteiger partial charge in [-0.2, -0.15) is 0 Å². The Labute approximate surface area is 79.2 Å². The smallest absolute Gasteiger partial charge is 0.334 e. The van der Waals surface area contributed by atoms with Gasteiger partial charge >= 0.3 is 11.9 Å². The van der Waals surface area contributed by atoms with Gasteiger partial charge in [0.25, 0.3) is 0 Å². The molecular formula is C6H13NO7. The molecule has 0 aromatic heterocycles. The average Bonchev–Trinajstić information content (AvgIpc) is 2.15. The number of carboxylic acids is 2. The van der Waals surface area contributed by atoms with Crippen molar-refractivity contribution in [3.8, 4) is 0 Å². The first-order chi connectivity index (χ1) is 6.36. The summed E-state index contributed by atoms with van der Waals surface area (Å²) in [7, 11) is 0. The lowest BCUT2D eigenvalue weighted by Gasteiger charge is -1.96. The highest BCUT2D eigenvalue weighted by Gasteiger charge is 2.09. The maximum Gasteiger partial charge on any atom is 0.334 e. The number of carbonyl (C=O) groups is 2. The van der Waals surface area contributed by atoms with Gasteiger partial charge in [-0.15, -0.1) is 0 Å². The number of aliphatic hydroxyl groups is 3. The lowest BCUT2D eigenvalue weighted by molar-refractivity contribution is -0.148. The first-order valence-corrected chi connectivity index (χ1v) is 3.47. The molecule has 0 aliphatic rings. The van der Waals surface area contributed by atoms with Crippen LogP contribution in [-0.4, -0.2) is 62.8 Å². The van der Waals surface area contributed by atoms with Crippen LogP contribution in [0.5, 0.6) is 0 Å². The van der Waals surface area contributed by atoms with Crippen LogP contribution in [0, 0.1) is 0 Å². The van der Waals surface area contributed by atoms with E-state index in [1.165, 1.54) is 0 Å². The lowest BCUT2D eigenvalue weighted by Crippen LogP contribution is -2.33. The molecule has 7 N–H and O–H groups in total. The van der Waals surface area contributed by atoms with Crippen LogP contribution in [0.15, 0.2) is 0 Å². The SMILES string of the molecule is N[C@@H](CO)C(=O)O.O=C(O)[C@@H](O)CO. The van der Waals surface area contributed by atoms with Crippen LogP contribution < -0.4 is 5.73 Å². The number of nitrogens with two attached hydrogens (primary N) is 1. The second kappa shape index (κ2) is 8.38. The zero-order valence-corrected chi connectivity index (χ0v) is 7.20. The van der Waals surface area contributed by atoms with Crippen molar-refractivity contribution in [3.63, 3.8) is 0 Å². The van der Waals surface area contributed by atoms with Crippen LogP contribution in [0.2, 0.25) is 0 Å². The predicted molar refractivity (Wildman–Crippen MR) is 43.4 cm³/mol. The molecule has 8 nitrogen and oxygen atoms in total. The number of carboxylic acid groups (broad SMARTS) is 2. The fourth-order valence-corrected chi connectivity index (χ4v) is 0.156. The van der Waals surface area contributed by atoms with Gasteiger partial charge in [-0.3, -0.25) is 4.79 Å². The Morgan fingerprint density at radius 2 is 1.50 bits per heavy atom. The van der Waals surface area contributed by atoms with Gasteiger partial charge in [0.15, 0.2) is 6.10 Å². The number of rotatable bonds is 4. The van der Waals surface area contributed by atoms with Gasteiger partial charge in [0.1, 0.15) is 6.04 Å². The highest BCUT2D eigenvalue weighted by Crippen LogP contribution is 1.75. The van der Waals surface area contributed by atoms with Crippen LogP contribution >= 0.6 is 0 Å². The molecule has 0 heterocycles. The Hall–Kier alpha value is -1.22. The fourth-order valence-electron chi connectivity index (χ4n) is 0.156. The van der Waals surface area contributed by atoms with E-state index in [9.17, 15) is 9.59 Å². The summed E-state index contributed by atoms with van der Waals surface area (Å²) in [6.45, 7) is -1.23. The molecule has 0 saturated carbocycles.